The second-order valence-corrected chi connectivity index (χ2v) is 7.83. The number of hydrogen-bond donors (Lipinski definition) is 1. The molecule has 1 atom stereocenters. The van der Waals surface area contributed by atoms with Crippen molar-refractivity contribution in [2.24, 2.45) is 10.9 Å². The Morgan fingerprint density at radius 3 is 2.50 bits per heavy atom. The number of benzene rings is 1. The number of hydrogen-bond acceptors (Lipinski definition) is 3. The lowest BCUT2D eigenvalue weighted by Crippen LogP contribution is -2.53. The zero-order chi connectivity index (χ0) is 18.4. The zero-order valence-electron chi connectivity index (χ0n) is 16.7. The largest absolute Gasteiger partial charge is 0.368 e. The minimum atomic E-state index is 0.656. The molecule has 0 amide bonds. The van der Waals surface area contributed by atoms with Gasteiger partial charge in [-0.1, -0.05) is 18.2 Å². The quantitative estimate of drug-likeness (QED) is 0.663. The van der Waals surface area contributed by atoms with Crippen LogP contribution >= 0.6 is 0 Å². The Morgan fingerprint density at radius 2 is 1.85 bits per heavy atom. The number of piperazine rings is 1. The summed E-state index contributed by atoms with van der Waals surface area (Å²) in [5.74, 6) is 1.80. The summed E-state index contributed by atoms with van der Waals surface area (Å²) in [5, 5.41) is 3.65. The minimum Gasteiger partial charge on any atom is -0.368 e. The van der Waals surface area contributed by atoms with Gasteiger partial charge in [-0.3, -0.25) is 4.99 Å². The molecule has 5 nitrogen and oxygen atoms in total. The molecule has 2 aliphatic heterocycles. The first-order chi connectivity index (χ1) is 12.7. The fraction of sp³-hybridized carbons (Fsp3) is 0.667. The van der Waals surface area contributed by atoms with Crippen LogP contribution in [0.1, 0.15) is 26.7 Å². The summed E-state index contributed by atoms with van der Waals surface area (Å²) in [4.78, 5) is 12.0. The number of rotatable bonds is 4. The number of nitrogens with one attached hydrogen (secondary N) is 1. The molecule has 1 N–H and O–H groups in total. The van der Waals surface area contributed by atoms with Crippen molar-refractivity contribution in [2.75, 3.05) is 57.8 Å². The molecule has 1 aromatic rings. The molecule has 0 spiro atoms. The molecule has 2 saturated heterocycles. The topological polar surface area (TPSA) is 34.1 Å². The van der Waals surface area contributed by atoms with Gasteiger partial charge in [0.05, 0.1) is 0 Å². The fourth-order valence-electron chi connectivity index (χ4n) is 4.12. The van der Waals surface area contributed by atoms with E-state index < -0.39 is 0 Å². The van der Waals surface area contributed by atoms with E-state index in [9.17, 15) is 0 Å². The van der Waals surface area contributed by atoms with E-state index in [1.165, 1.54) is 31.6 Å². The average molecular weight is 358 g/mol. The van der Waals surface area contributed by atoms with E-state index in [-0.39, 0.29) is 0 Å². The molecule has 2 heterocycles. The molecule has 26 heavy (non-hydrogen) atoms. The Kier molecular flexibility index (Phi) is 6.78. The van der Waals surface area contributed by atoms with Crippen molar-refractivity contribution in [1.82, 2.24) is 15.1 Å². The summed E-state index contributed by atoms with van der Waals surface area (Å²) < 4.78 is 0. The van der Waals surface area contributed by atoms with E-state index in [4.69, 9.17) is 0 Å². The molecular formula is C21H35N5. The van der Waals surface area contributed by atoms with Gasteiger partial charge in [-0.05, 0) is 51.3 Å². The van der Waals surface area contributed by atoms with Gasteiger partial charge < -0.3 is 20.0 Å². The smallest absolute Gasteiger partial charge is 0.193 e. The Labute approximate surface area is 159 Å². The predicted molar refractivity (Wildman–Crippen MR) is 111 cm³/mol. The number of aliphatic imine (C=N–C) groups is 1. The molecule has 1 aromatic carbocycles. The maximum atomic E-state index is 4.55. The summed E-state index contributed by atoms with van der Waals surface area (Å²) in [5.41, 5.74) is 1.33. The number of nitrogens with zero attached hydrogens (tertiary/aromatic N) is 4. The number of para-hydroxylation sites is 1. The second kappa shape index (κ2) is 9.26. The van der Waals surface area contributed by atoms with Crippen molar-refractivity contribution in [3.05, 3.63) is 30.3 Å². The Hall–Kier alpha value is -1.75. The van der Waals surface area contributed by atoms with Crippen molar-refractivity contribution in [3.8, 4) is 0 Å². The lowest BCUT2D eigenvalue weighted by Gasteiger charge is -2.39. The number of anilines is 1. The lowest BCUT2D eigenvalue weighted by atomic mass is 9.97. The van der Waals surface area contributed by atoms with Crippen molar-refractivity contribution in [3.63, 3.8) is 0 Å². The van der Waals surface area contributed by atoms with Gasteiger partial charge in [0.15, 0.2) is 5.96 Å². The van der Waals surface area contributed by atoms with Crippen molar-refractivity contribution < 1.29 is 0 Å². The van der Waals surface area contributed by atoms with Crippen LogP contribution in [0.25, 0.3) is 0 Å². The normalized spacial score (nSPS) is 22.8. The van der Waals surface area contributed by atoms with Crippen LogP contribution in [0.4, 0.5) is 5.69 Å². The van der Waals surface area contributed by atoms with Gasteiger partial charge in [-0.2, -0.15) is 0 Å². The third kappa shape index (κ3) is 4.91. The molecule has 2 fully saturated rings. The van der Waals surface area contributed by atoms with Crippen LogP contribution < -0.4 is 10.2 Å². The molecule has 0 bridgehead atoms. The summed E-state index contributed by atoms with van der Waals surface area (Å²) in [6.07, 6.45) is 2.65. The van der Waals surface area contributed by atoms with Crippen LogP contribution in [-0.4, -0.2) is 74.7 Å². The van der Waals surface area contributed by atoms with Gasteiger partial charge in [0.2, 0.25) is 0 Å². The van der Waals surface area contributed by atoms with Crippen molar-refractivity contribution >= 4 is 11.6 Å². The predicted octanol–water partition coefficient (Wildman–Crippen LogP) is 2.50. The Balaban J connectivity index is 1.46. The lowest BCUT2D eigenvalue weighted by molar-refractivity contribution is 0.140. The van der Waals surface area contributed by atoms with E-state index in [1.807, 2.05) is 7.05 Å². The maximum Gasteiger partial charge on any atom is 0.193 e. The Bertz CT molecular complexity index is 563. The highest BCUT2D eigenvalue weighted by Crippen LogP contribution is 2.18. The SMILES string of the molecule is CN=C(NCC1CCCN(C(C)C)C1)N1CCN(c2ccccc2)CC1. The number of piperidine rings is 1. The fourth-order valence-corrected chi connectivity index (χ4v) is 4.12. The summed E-state index contributed by atoms with van der Waals surface area (Å²) in [6.45, 7) is 12.3. The van der Waals surface area contributed by atoms with Crippen LogP contribution in [0.15, 0.2) is 35.3 Å². The summed E-state index contributed by atoms with van der Waals surface area (Å²) in [6, 6.07) is 11.4. The van der Waals surface area contributed by atoms with Gasteiger partial charge in [0.25, 0.3) is 0 Å². The maximum absolute atomic E-state index is 4.55. The van der Waals surface area contributed by atoms with Crippen molar-refractivity contribution in [2.45, 2.75) is 32.7 Å². The third-order valence-electron chi connectivity index (χ3n) is 5.74. The van der Waals surface area contributed by atoms with Gasteiger partial charge in [0.1, 0.15) is 0 Å². The monoisotopic (exact) mass is 357 g/mol. The molecular weight excluding hydrogens is 322 g/mol. The van der Waals surface area contributed by atoms with Gasteiger partial charge in [-0.25, -0.2) is 0 Å². The minimum absolute atomic E-state index is 0.656. The van der Waals surface area contributed by atoms with E-state index >= 15 is 0 Å². The van der Waals surface area contributed by atoms with E-state index in [0.29, 0.717) is 6.04 Å². The van der Waals surface area contributed by atoms with Crippen LogP contribution in [0, 0.1) is 5.92 Å². The molecule has 0 aromatic heterocycles. The first-order valence-corrected chi connectivity index (χ1v) is 10.2. The number of likely N-dealkylation sites (tertiary alicyclic amines) is 1. The second-order valence-electron chi connectivity index (χ2n) is 7.83. The molecule has 0 aliphatic carbocycles. The average Bonchev–Trinajstić information content (AvgIpc) is 2.70. The van der Waals surface area contributed by atoms with E-state index in [0.717, 1.165) is 44.6 Å². The zero-order valence-corrected chi connectivity index (χ0v) is 16.7. The molecule has 144 valence electrons. The van der Waals surface area contributed by atoms with Gasteiger partial charge in [0, 0.05) is 58.0 Å². The standard InChI is InChI=1S/C21H35N5/c1-18(2)26-11-7-8-19(17-26)16-23-21(22-3)25-14-12-24(13-15-25)20-9-5-4-6-10-20/h4-6,9-10,18-19H,7-8,11-17H2,1-3H3,(H,22,23). The van der Waals surface area contributed by atoms with Crippen LogP contribution in [0.3, 0.4) is 0 Å². The highest BCUT2D eigenvalue weighted by Gasteiger charge is 2.23. The molecule has 0 radical (unpaired) electrons. The first-order valence-electron chi connectivity index (χ1n) is 10.2. The number of guanidine groups is 1. The Morgan fingerprint density at radius 1 is 1.12 bits per heavy atom. The van der Waals surface area contributed by atoms with Crippen LogP contribution in [0.5, 0.6) is 0 Å². The van der Waals surface area contributed by atoms with Gasteiger partial charge in [-0.15, -0.1) is 0 Å². The van der Waals surface area contributed by atoms with Crippen LogP contribution in [-0.2, 0) is 0 Å². The molecule has 5 heteroatoms. The van der Waals surface area contributed by atoms with E-state index in [1.54, 1.807) is 0 Å². The molecule has 2 aliphatic rings. The van der Waals surface area contributed by atoms with Crippen molar-refractivity contribution in [1.29, 1.82) is 0 Å². The summed E-state index contributed by atoms with van der Waals surface area (Å²) in [7, 11) is 1.91. The first kappa shape index (κ1) is 19.0. The highest BCUT2D eigenvalue weighted by molar-refractivity contribution is 5.80. The van der Waals surface area contributed by atoms with Crippen LogP contribution in [0.2, 0.25) is 0 Å². The molecule has 3 rings (SSSR count). The van der Waals surface area contributed by atoms with E-state index in [2.05, 4.69) is 69.2 Å². The third-order valence-corrected chi connectivity index (χ3v) is 5.74. The highest BCUT2D eigenvalue weighted by atomic mass is 15.3. The van der Waals surface area contributed by atoms with Gasteiger partial charge >= 0.3 is 0 Å². The molecule has 1 unspecified atom stereocenters. The summed E-state index contributed by atoms with van der Waals surface area (Å²) >= 11 is 0. The molecule has 0 saturated carbocycles.